The predicted octanol–water partition coefficient (Wildman–Crippen LogP) is 3.26. The van der Waals surface area contributed by atoms with Gasteiger partial charge in [0.2, 0.25) is 0 Å². The number of rotatable bonds is 8. The Kier molecular flexibility index (Phi) is 7.06. The van der Waals surface area contributed by atoms with Crippen LogP contribution in [0.3, 0.4) is 0 Å². The summed E-state index contributed by atoms with van der Waals surface area (Å²) in [6.45, 7) is 11.6. The van der Waals surface area contributed by atoms with Gasteiger partial charge >= 0.3 is 12.1 Å². The molecule has 0 saturated carbocycles. The van der Waals surface area contributed by atoms with Crippen LogP contribution in [0.4, 0.5) is 4.79 Å². The van der Waals surface area contributed by atoms with E-state index < -0.39 is 23.3 Å². The number of ether oxygens (including phenoxy) is 3. The van der Waals surface area contributed by atoms with Crippen LogP contribution < -0.4 is 0 Å². The molecule has 23 heavy (non-hydrogen) atoms. The molecule has 1 aliphatic rings. The molecule has 0 aromatic heterocycles. The molecule has 6 heteroatoms. The van der Waals surface area contributed by atoms with Crippen LogP contribution in [0.25, 0.3) is 0 Å². The van der Waals surface area contributed by atoms with Crippen LogP contribution in [0.2, 0.25) is 0 Å². The molecule has 0 aliphatic carbocycles. The zero-order chi connectivity index (χ0) is 17.5. The second-order valence-corrected chi connectivity index (χ2v) is 6.12. The van der Waals surface area contributed by atoms with Gasteiger partial charge in [0, 0.05) is 0 Å². The molecule has 1 aliphatic heterocycles. The lowest BCUT2D eigenvalue weighted by Crippen LogP contribution is -2.60. The highest BCUT2D eigenvalue weighted by Crippen LogP contribution is 2.39. The van der Waals surface area contributed by atoms with E-state index in [-0.39, 0.29) is 13.2 Å². The number of allylic oxidation sites excluding steroid dienone is 1. The van der Waals surface area contributed by atoms with Crippen LogP contribution in [-0.4, -0.2) is 48.0 Å². The van der Waals surface area contributed by atoms with Crippen molar-refractivity contribution in [3.8, 4) is 0 Å². The number of esters is 1. The maximum absolute atomic E-state index is 12.6. The van der Waals surface area contributed by atoms with Crippen molar-refractivity contribution in [1.82, 2.24) is 4.90 Å². The second-order valence-electron chi connectivity index (χ2n) is 6.12. The highest BCUT2D eigenvalue weighted by molar-refractivity contribution is 5.87. The third kappa shape index (κ3) is 4.25. The monoisotopic (exact) mass is 327 g/mol. The number of nitrogens with zero attached hydrogens (tertiary/aromatic N) is 1. The molecule has 1 heterocycles. The normalized spacial score (nSPS) is 22.7. The van der Waals surface area contributed by atoms with Crippen LogP contribution in [-0.2, 0) is 19.0 Å². The maximum atomic E-state index is 12.6. The molecule has 0 aromatic rings. The number of hydrogen-bond donors (Lipinski definition) is 0. The van der Waals surface area contributed by atoms with Gasteiger partial charge in [0.25, 0.3) is 0 Å². The quantitative estimate of drug-likeness (QED) is 0.389. The fourth-order valence-corrected chi connectivity index (χ4v) is 2.75. The minimum Gasteiger partial charge on any atom is -0.464 e. The van der Waals surface area contributed by atoms with E-state index >= 15 is 0 Å². The third-order valence-corrected chi connectivity index (χ3v) is 3.95. The number of carbonyl (C=O) groups is 2. The lowest BCUT2D eigenvalue weighted by Gasteiger charge is -2.39. The van der Waals surface area contributed by atoms with Gasteiger partial charge in [0.15, 0.2) is 5.54 Å². The summed E-state index contributed by atoms with van der Waals surface area (Å²) in [5.41, 5.74) is -2.10. The van der Waals surface area contributed by atoms with Crippen molar-refractivity contribution in [2.45, 2.75) is 64.6 Å². The SMILES string of the molecule is C=CCCC1(C(=O)OCC)COC(C)(C)N1C(=O)OCCCC. The molecule has 1 amide bonds. The molecule has 1 saturated heterocycles. The lowest BCUT2D eigenvalue weighted by molar-refractivity contribution is -0.157. The van der Waals surface area contributed by atoms with Gasteiger partial charge < -0.3 is 14.2 Å². The van der Waals surface area contributed by atoms with E-state index in [4.69, 9.17) is 14.2 Å². The van der Waals surface area contributed by atoms with Crippen molar-refractivity contribution in [2.75, 3.05) is 19.8 Å². The smallest absolute Gasteiger partial charge is 0.413 e. The standard InChI is InChI=1S/C17H29NO5/c1-6-9-11-17(14(19)21-8-3)13-23-16(4,5)18(17)15(20)22-12-10-7-2/h6H,1,7-13H2,2-5H3. The summed E-state index contributed by atoms with van der Waals surface area (Å²) in [7, 11) is 0. The largest absolute Gasteiger partial charge is 0.464 e. The lowest BCUT2D eigenvalue weighted by atomic mass is 9.92. The van der Waals surface area contributed by atoms with Crippen molar-refractivity contribution in [2.24, 2.45) is 0 Å². The topological polar surface area (TPSA) is 65.1 Å². The first-order valence-corrected chi connectivity index (χ1v) is 8.25. The molecule has 0 N–H and O–H groups in total. The first-order valence-electron chi connectivity index (χ1n) is 8.25. The van der Waals surface area contributed by atoms with E-state index in [2.05, 4.69) is 6.58 Å². The first kappa shape index (κ1) is 19.5. The van der Waals surface area contributed by atoms with Crippen molar-refractivity contribution in [3.63, 3.8) is 0 Å². The van der Waals surface area contributed by atoms with Crippen LogP contribution >= 0.6 is 0 Å². The Morgan fingerprint density at radius 3 is 2.57 bits per heavy atom. The minimum absolute atomic E-state index is 0.0928. The van der Waals surface area contributed by atoms with Crippen molar-refractivity contribution in [1.29, 1.82) is 0 Å². The summed E-state index contributed by atoms with van der Waals surface area (Å²) in [5, 5.41) is 0. The summed E-state index contributed by atoms with van der Waals surface area (Å²) in [5.74, 6) is -0.458. The highest BCUT2D eigenvalue weighted by Gasteiger charge is 2.59. The Hall–Kier alpha value is -1.56. The second kappa shape index (κ2) is 8.34. The molecule has 0 aromatic carbocycles. The maximum Gasteiger partial charge on any atom is 0.413 e. The molecule has 1 fully saturated rings. The van der Waals surface area contributed by atoms with Gasteiger partial charge in [-0.1, -0.05) is 19.4 Å². The minimum atomic E-state index is -1.17. The molecule has 0 bridgehead atoms. The van der Waals surface area contributed by atoms with E-state index in [9.17, 15) is 9.59 Å². The molecule has 1 unspecified atom stereocenters. The van der Waals surface area contributed by atoms with Gasteiger partial charge in [-0.3, -0.25) is 4.90 Å². The van der Waals surface area contributed by atoms with Gasteiger partial charge in [-0.15, -0.1) is 6.58 Å². The Bertz CT molecular complexity index is 435. The Balaban J connectivity index is 3.10. The summed E-state index contributed by atoms with van der Waals surface area (Å²) >= 11 is 0. The third-order valence-electron chi connectivity index (χ3n) is 3.95. The van der Waals surface area contributed by atoms with E-state index in [1.165, 1.54) is 4.90 Å². The summed E-state index contributed by atoms with van der Waals surface area (Å²) in [6, 6.07) is 0. The van der Waals surface area contributed by atoms with Gasteiger partial charge in [0.05, 0.1) is 19.8 Å². The molecule has 0 radical (unpaired) electrons. The van der Waals surface area contributed by atoms with Crippen LogP contribution in [0.1, 0.15) is 53.4 Å². The van der Waals surface area contributed by atoms with E-state index in [0.29, 0.717) is 19.4 Å². The average Bonchev–Trinajstić information content (AvgIpc) is 2.78. The highest BCUT2D eigenvalue weighted by atomic mass is 16.6. The van der Waals surface area contributed by atoms with E-state index in [1.54, 1.807) is 26.8 Å². The van der Waals surface area contributed by atoms with Gasteiger partial charge in [0.1, 0.15) is 5.72 Å². The first-order chi connectivity index (χ1) is 10.9. The van der Waals surface area contributed by atoms with Crippen molar-refractivity contribution >= 4 is 12.1 Å². The molecule has 0 spiro atoms. The summed E-state index contributed by atoms with van der Waals surface area (Å²) < 4.78 is 16.3. The fraction of sp³-hybridized carbons (Fsp3) is 0.765. The molecular formula is C17H29NO5. The fourth-order valence-electron chi connectivity index (χ4n) is 2.75. The van der Waals surface area contributed by atoms with E-state index in [0.717, 1.165) is 12.8 Å². The zero-order valence-corrected chi connectivity index (χ0v) is 14.7. The van der Waals surface area contributed by atoms with Crippen LogP contribution in [0, 0.1) is 0 Å². The number of hydrogen-bond acceptors (Lipinski definition) is 5. The number of amides is 1. The van der Waals surface area contributed by atoms with Gasteiger partial charge in [-0.25, -0.2) is 9.59 Å². The van der Waals surface area contributed by atoms with Gasteiger partial charge in [-0.2, -0.15) is 0 Å². The Morgan fingerprint density at radius 2 is 2.00 bits per heavy atom. The summed E-state index contributed by atoms with van der Waals surface area (Å²) in [4.78, 5) is 26.6. The number of unbranched alkanes of at least 4 members (excludes halogenated alkanes) is 1. The Morgan fingerprint density at radius 1 is 1.30 bits per heavy atom. The van der Waals surface area contributed by atoms with Crippen molar-refractivity contribution in [3.05, 3.63) is 12.7 Å². The van der Waals surface area contributed by atoms with Crippen molar-refractivity contribution < 1.29 is 23.8 Å². The predicted molar refractivity (Wildman–Crippen MR) is 86.9 cm³/mol. The van der Waals surface area contributed by atoms with Crippen LogP contribution in [0.15, 0.2) is 12.7 Å². The average molecular weight is 327 g/mol. The molecule has 1 rings (SSSR count). The van der Waals surface area contributed by atoms with Crippen LogP contribution in [0.5, 0.6) is 0 Å². The Labute approximate surface area is 138 Å². The number of carbonyl (C=O) groups excluding carboxylic acids is 2. The van der Waals surface area contributed by atoms with E-state index in [1.807, 2.05) is 6.92 Å². The van der Waals surface area contributed by atoms with Gasteiger partial charge in [-0.05, 0) is 40.0 Å². The molecule has 6 nitrogen and oxygen atoms in total. The molecule has 132 valence electrons. The zero-order valence-electron chi connectivity index (χ0n) is 14.7. The summed E-state index contributed by atoms with van der Waals surface area (Å²) in [6.07, 6.45) is 3.83. The molecule has 1 atom stereocenters. The molecular weight excluding hydrogens is 298 g/mol.